The molecule has 1 fully saturated rings. The summed E-state index contributed by atoms with van der Waals surface area (Å²) in [5.41, 5.74) is 0.884. The Bertz CT molecular complexity index is 440. The third-order valence-electron chi connectivity index (χ3n) is 3.42. The number of rotatable bonds is 3. The first-order valence-electron chi connectivity index (χ1n) is 6.80. The average molecular weight is 372 g/mol. The maximum atomic E-state index is 12.1. The van der Waals surface area contributed by atoms with Gasteiger partial charge in [-0.3, -0.25) is 9.69 Å². The second kappa shape index (κ2) is 6.70. The number of carbonyl (C=O) groups is 1. The lowest BCUT2D eigenvalue weighted by Gasteiger charge is -2.34. The van der Waals surface area contributed by atoms with E-state index in [9.17, 15) is 4.79 Å². The Morgan fingerprint density at radius 3 is 2.68 bits per heavy atom. The van der Waals surface area contributed by atoms with Gasteiger partial charge in [-0.05, 0) is 59.0 Å². The highest BCUT2D eigenvalue weighted by molar-refractivity contribution is 14.1. The predicted molar refractivity (Wildman–Crippen MR) is 87.2 cm³/mol. The molecule has 0 bridgehead atoms. The molecule has 1 heterocycles. The second-order valence-corrected chi connectivity index (χ2v) is 6.94. The van der Waals surface area contributed by atoms with Gasteiger partial charge in [0.1, 0.15) is 0 Å². The zero-order chi connectivity index (χ0) is 13.8. The molecule has 1 aromatic carbocycles. The topological polar surface area (TPSA) is 32.3 Å². The molecule has 0 unspecified atom stereocenters. The van der Waals surface area contributed by atoms with Crippen molar-refractivity contribution in [2.75, 3.05) is 25.0 Å². The number of anilines is 1. The average Bonchev–Trinajstić information content (AvgIpc) is 2.26. The summed E-state index contributed by atoms with van der Waals surface area (Å²) >= 11 is 2.25. The number of nitrogens with zero attached hydrogens (tertiary/aromatic N) is 1. The van der Waals surface area contributed by atoms with Crippen molar-refractivity contribution in [2.24, 2.45) is 11.8 Å². The van der Waals surface area contributed by atoms with E-state index in [0.717, 1.165) is 22.3 Å². The van der Waals surface area contributed by atoms with Crippen LogP contribution < -0.4 is 5.32 Å². The molecule has 0 spiro atoms. The molecule has 2 rings (SSSR count). The van der Waals surface area contributed by atoms with Crippen LogP contribution in [0, 0.1) is 15.4 Å². The highest BCUT2D eigenvalue weighted by Crippen LogP contribution is 2.20. The van der Waals surface area contributed by atoms with Gasteiger partial charge in [0.05, 0.1) is 6.54 Å². The van der Waals surface area contributed by atoms with Crippen molar-refractivity contribution in [3.63, 3.8) is 0 Å². The molecule has 3 nitrogen and oxygen atoms in total. The van der Waals surface area contributed by atoms with Crippen molar-refractivity contribution >= 4 is 34.2 Å². The van der Waals surface area contributed by atoms with E-state index in [1.54, 1.807) is 0 Å². The number of nitrogens with one attached hydrogen (secondary N) is 1. The van der Waals surface area contributed by atoms with E-state index in [4.69, 9.17) is 0 Å². The second-order valence-electron chi connectivity index (χ2n) is 5.70. The summed E-state index contributed by atoms with van der Waals surface area (Å²) in [5, 5.41) is 2.97. The quantitative estimate of drug-likeness (QED) is 0.827. The van der Waals surface area contributed by atoms with E-state index >= 15 is 0 Å². The van der Waals surface area contributed by atoms with Gasteiger partial charge in [-0.1, -0.05) is 19.9 Å². The van der Waals surface area contributed by atoms with Crippen LogP contribution in [-0.4, -0.2) is 30.4 Å². The summed E-state index contributed by atoms with van der Waals surface area (Å²) in [6, 6.07) is 7.90. The van der Waals surface area contributed by atoms with E-state index in [0.29, 0.717) is 18.4 Å². The maximum absolute atomic E-state index is 12.1. The van der Waals surface area contributed by atoms with Crippen LogP contribution in [0.3, 0.4) is 0 Å². The largest absolute Gasteiger partial charge is 0.325 e. The first-order valence-corrected chi connectivity index (χ1v) is 7.88. The number of carbonyl (C=O) groups excluding carboxylic acids is 1. The molecule has 104 valence electrons. The van der Waals surface area contributed by atoms with Crippen LogP contribution in [0.2, 0.25) is 0 Å². The summed E-state index contributed by atoms with van der Waals surface area (Å²) in [6.07, 6.45) is 1.27. The van der Waals surface area contributed by atoms with Gasteiger partial charge in [0.2, 0.25) is 5.91 Å². The Hall–Kier alpha value is -0.620. The van der Waals surface area contributed by atoms with Gasteiger partial charge in [0, 0.05) is 22.3 Å². The minimum absolute atomic E-state index is 0.0864. The Morgan fingerprint density at radius 1 is 1.37 bits per heavy atom. The number of halogens is 1. The van der Waals surface area contributed by atoms with Crippen LogP contribution in [-0.2, 0) is 4.79 Å². The molecular weight excluding hydrogens is 351 g/mol. The monoisotopic (exact) mass is 372 g/mol. The van der Waals surface area contributed by atoms with Crippen LogP contribution >= 0.6 is 22.6 Å². The highest BCUT2D eigenvalue weighted by atomic mass is 127. The fraction of sp³-hybridized carbons (Fsp3) is 0.533. The highest BCUT2D eigenvalue weighted by Gasteiger charge is 2.23. The van der Waals surface area contributed by atoms with Crippen molar-refractivity contribution in [1.82, 2.24) is 4.90 Å². The number of likely N-dealkylation sites (tertiary alicyclic amines) is 1. The standard InChI is InChI=1S/C15H21IN2O/c1-11-6-12(2)9-18(8-11)10-15(19)17-14-5-3-4-13(16)7-14/h3-5,7,11-12H,6,8-10H2,1-2H3,(H,17,19)/t11-,12+. The zero-order valence-electron chi connectivity index (χ0n) is 11.5. The van der Waals surface area contributed by atoms with E-state index in [1.165, 1.54) is 6.42 Å². The molecule has 4 heteroatoms. The summed E-state index contributed by atoms with van der Waals surface area (Å²) in [6.45, 7) is 7.09. The molecule has 19 heavy (non-hydrogen) atoms. The van der Waals surface area contributed by atoms with Crippen LogP contribution in [0.4, 0.5) is 5.69 Å². The fourth-order valence-electron chi connectivity index (χ4n) is 2.89. The summed E-state index contributed by atoms with van der Waals surface area (Å²) in [4.78, 5) is 14.3. The minimum Gasteiger partial charge on any atom is -0.325 e. The molecule has 0 aliphatic carbocycles. The van der Waals surface area contributed by atoms with E-state index in [-0.39, 0.29) is 5.91 Å². The lowest BCUT2D eigenvalue weighted by molar-refractivity contribution is -0.117. The third-order valence-corrected chi connectivity index (χ3v) is 4.09. The molecule has 2 atom stereocenters. The van der Waals surface area contributed by atoms with Gasteiger partial charge in [-0.25, -0.2) is 0 Å². The SMILES string of the molecule is C[C@@H]1C[C@H](C)CN(CC(=O)Nc2cccc(I)c2)C1. The van der Waals surface area contributed by atoms with Crippen molar-refractivity contribution < 1.29 is 4.79 Å². The fourth-order valence-corrected chi connectivity index (χ4v) is 3.43. The number of hydrogen-bond donors (Lipinski definition) is 1. The molecule has 0 aromatic heterocycles. The summed E-state index contributed by atoms with van der Waals surface area (Å²) < 4.78 is 1.13. The molecule has 1 N–H and O–H groups in total. The van der Waals surface area contributed by atoms with Gasteiger partial charge >= 0.3 is 0 Å². The minimum atomic E-state index is 0.0864. The molecule has 1 amide bonds. The molecule has 1 aliphatic heterocycles. The Kier molecular flexibility index (Phi) is 5.21. The van der Waals surface area contributed by atoms with Gasteiger partial charge in [0.15, 0.2) is 0 Å². The molecular formula is C15H21IN2O. The van der Waals surface area contributed by atoms with E-state index in [2.05, 4.69) is 46.7 Å². The van der Waals surface area contributed by atoms with Gasteiger partial charge in [0.25, 0.3) is 0 Å². The Balaban J connectivity index is 1.87. The van der Waals surface area contributed by atoms with Gasteiger partial charge in [-0.2, -0.15) is 0 Å². The first kappa shape index (κ1) is 14.8. The summed E-state index contributed by atoms with van der Waals surface area (Å²) in [5.74, 6) is 1.46. The zero-order valence-corrected chi connectivity index (χ0v) is 13.7. The van der Waals surface area contributed by atoms with Crippen molar-refractivity contribution in [3.8, 4) is 0 Å². The number of hydrogen-bond acceptors (Lipinski definition) is 2. The number of piperidine rings is 1. The third kappa shape index (κ3) is 4.76. The van der Waals surface area contributed by atoms with Crippen LogP contribution in [0.15, 0.2) is 24.3 Å². The smallest absolute Gasteiger partial charge is 0.238 e. The number of benzene rings is 1. The Labute approximate surface area is 128 Å². The number of amides is 1. The van der Waals surface area contributed by atoms with Crippen LogP contribution in [0.25, 0.3) is 0 Å². The normalized spacial score (nSPS) is 24.2. The predicted octanol–water partition coefficient (Wildman–Crippen LogP) is 3.21. The molecule has 1 saturated heterocycles. The van der Waals surface area contributed by atoms with Crippen molar-refractivity contribution in [3.05, 3.63) is 27.8 Å². The van der Waals surface area contributed by atoms with E-state index < -0.39 is 0 Å². The summed E-state index contributed by atoms with van der Waals surface area (Å²) in [7, 11) is 0. The van der Waals surface area contributed by atoms with Crippen molar-refractivity contribution in [2.45, 2.75) is 20.3 Å². The molecule has 1 aromatic rings. The lowest BCUT2D eigenvalue weighted by Crippen LogP contribution is -2.42. The molecule has 0 saturated carbocycles. The van der Waals surface area contributed by atoms with Crippen molar-refractivity contribution in [1.29, 1.82) is 0 Å². The molecule has 0 radical (unpaired) electrons. The van der Waals surface area contributed by atoms with Crippen LogP contribution in [0.1, 0.15) is 20.3 Å². The van der Waals surface area contributed by atoms with E-state index in [1.807, 2.05) is 24.3 Å². The lowest BCUT2D eigenvalue weighted by atomic mass is 9.92. The maximum Gasteiger partial charge on any atom is 0.238 e. The first-order chi connectivity index (χ1) is 9.02. The van der Waals surface area contributed by atoms with Gasteiger partial charge in [-0.15, -0.1) is 0 Å². The van der Waals surface area contributed by atoms with Crippen LogP contribution in [0.5, 0.6) is 0 Å². The Morgan fingerprint density at radius 2 is 2.05 bits per heavy atom. The molecule has 1 aliphatic rings. The van der Waals surface area contributed by atoms with Gasteiger partial charge < -0.3 is 5.32 Å².